The minimum absolute atomic E-state index is 0.158. The quantitative estimate of drug-likeness (QED) is 0.711. The van der Waals surface area contributed by atoms with Crippen molar-refractivity contribution in [3.05, 3.63) is 24.3 Å². The Labute approximate surface area is 170 Å². The Balaban J connectivity index is 1.69. The first kappa shape index (κ1) is 21.4. The highest BCUT2D eigenvalue weighted by Crippen LogP contribution is 2.33. The van der Waals surface area contributed by atoms with Crippen LogP contribution in [-0.2, 0) is 19.5 Å². The average molecular weight is 430 g/mol. The predicted molar refractivity (Wildman–Crippen MR) is 109 cm³/mol. The molecule has 2 heterocycles. The SMILES string of the molecule is COC(=O)Nc1ccc(S(=O)(=O)NCC2(N3CCOCC3)CCSCC2)cc1. The molecule has 1 aromatic carbocycles. The maximum absolute atomic E-state index is 12.8. The van der Waals surface area contributed by atoms with Crippen LogP contribution in [0.5, 0.6) is 0 Å². The van der Waals surface area contributed by atoms with E-state index in [1.165, 1.54) is 19.2 Å². The number of carbonyl (C=O) groups is 1. The fourth-order valence-electron chi connectivity index (χ4n) is 3.59. The number of hydrogen-bond acceptors (Lipinski definition) is 7. The summed E-state index contributed by atoms with van der Waals surface area (Å²) in [4.78, 5) is 13.8. The highest BCUT2D eigenvalue weighted by atomic mass is 32.2. The molecule has 2 aliphatic rings. The van der Waals surface area contributed by atoms with E-state index in [1.807, 2.05) is 11.8 Å². The fourth-order valence-corrected chi connectivity index (χ4v) is 5.97. The van der Waals surface area contributed by atoms with Crippen molar-refractivity contribution in [3.8, 4) is 0 Å². The number of hydrogen-bond donors (Lipinski definition) is 2. The second-order valence-corrected chi connectivity index (χ2v) is 9.89. The Hall–Kier alpha value is -1.33. The molecule has 10 heteroatoms. The van der Waals surface area contributed by atoms with Crippen LogP contribution in [0, 0.1) is 0 Å². The third-order valence-electron chi connectivity index (χ3n) is 5.29. The van der Waals surface area contributed by atoms with E-state index in [4.69, 9.17) is 4.74 Å². The average Bonchev–Trinajstić information content (AvgIpc) is 2.74. The molecule has 0 unspecified atom stereocenters. The van der Waals surface area contributed by atoms with Gasteiger partial charge >= 0.3 is 6.09 Å². The van der Waals surface area contributed by atoms with Crippen LogP contribution in [0.3, 0.4) is 0 Å². The van der Waals surface area contributed by atoms with Crippen LogP contribution >= 0.6 is 11.8 Å². The van der Waals surface area contributed by atoms with Crippen LogP contribution < -0.4 is 10.0 Å². The number of benzene rings is 1. The summed E-state index contributed by atoms with van der Waals surface area (Å²) in [5.74, 6) is 2.07. The molecule has 0 aliphatic carbocycles. The van der Waals surface area contributed by atoms with Crippen molar-refractivity contribution in [2.75, 3.05) is 56.8 Å². The molecule has 8 nitrogen and oxygen atoms in total. The maximum atomic E-state index is 12.8. The lowest BCUT2D eigenvalue weighted by molar-refractivity contribution is -0.0242. The summed E-state index contributed by atoms with van der Waals surface area (Å²) in [5.41, 5.74) is 0.314. The topological polar surface area (TPSA) is 97.0 Å². The van der Waals surface area contributed by atoms with Crippen LogP contribution in [0.1, 0.15) is 12.8 Å². The van der Waals surface area contributed by atoms with Crippen molar-refractivity contribution >= 4 is 33.6 Å². The number of ether oxygens (including phenoxy) is 2. The number of carbonyl (C=O) groups excluding carboxylic acids is 1. The van der Waals surface area contributed by atoms with Gasteiger partial charge in [-0.05, 0) is 48.6 Å². The zero-order valence-corrected chi connectivity index (χ0v) is 17.6. The van der Waals surface area contributed by atoms with Gasteiger partial charge in [0, 0.05) is 30.9 Å². The molecular formula is C18H27N3O5S2. The third-order valence-corrected chi connectivity index (χ3v) is 7.70. The number of nitrogens with one attached hydrogen (secondary N) is 2. The first-order valence-electron chi connectivity index (χ1n) is 9.30. The molecule has 156 valence electrons. The van der Waals surface area contributed by atoms with Crippen molar-refractivity contribution in [2.24, 2.45) is 0 Å². The first-order chi connectivity index (χ1) is 13.5. The molecule has 0 atom stereocenters. The van der Waals surface area contributed by atoms with Crippen molar-refractivity contribution in [1.82, 2.24) is 9.62 Å². The number of morpholine rings is 1. The van der Waals surface area contributed by atoms with Gasteiger partial charge in [0.2, 0.25) is 10.0 Å². The third kappa shape index (κ3) is 5.18. The van der Waals surface area contributed by atoms with E-state index in [1.54, 1.807) is 12.1 Å². The molecule has 1 amide bonds. The summed E-state index contributed by atoms with van der Waals surface area (Å²) in [7, 11) is -2.38. The van der Waals surface area contributed by atoms with Gasteiger partial charge in [0.25, 0.3) is 0 Å². The number of methoxy groups -OCH3 is 1. The first-order valence-corrected chi connectivity index (χ1v) is 11.9. The molecule has 0 bridgehead atoms. The second kappa shape index (κ2) is 9.45. The van der Waals surface area contributed by atoms with Crippen LogP contribution in [0.2, 0.25) is 0 Å². The number of thioether (sulfide) groups is 1. The summed E-state index contributed by atoms with van der Waals surface area (Å²) in [6.45, 7) is 3.44. The molecule has 2 aliphatic heterocycles. The van der Waals surface area contributed by atoms with Gasteiger partial charge in [-0.1, -0.05) is 0 Å². The number of amides is 1. The number of sulfonamides is 1. The minimum atomic E-state index is -3.65. The normalized spacial score (nSPS) is 20.5. The summed E-state index contributed by atoms with van der Waals surface area (Å²) in [5, 5.41) is 2.51. The minimum Gasteiger partial charge on any atom is -0.453 e. The monoisotopic (exact) mass is 429 g/mol. The Bertz CT molecular complexity index is 758. The van der Waals surface area contributed by atoms with E-state index in [9.17, 15) is 13.2 Å². The van der Waals surface area contributed by atoms with Crippen molar-refractivity contribution in [3.63, 3.8) is 0 Å². The number of anilines is 1. The Morgan fingerprint density at radius 1 is 1.21 bits per heavy atom. The smallest absolute Gasteiger partial charge is 0.411 e. The van der Waals surface area contributed by atoms with Gasteiger partial charge < -0.3 is 9.47 Å². The van der Waals surface area contributed by atoms with Gasteiger partial charge in [0.15, 0.2) is 0 Å². The lowest BCUT2D eigenvalue weighted by atomic mass is 9.89. The summed E-state index contributed by atoms with van der Waals surface area (Å²) in [6, 6.07) is 6.04. The molecule has 2 N–H and O–H groups in total. The zero-order valence-electron chi connectivity index (χ0n) is 16.0. The highest BCUT2D eigenvalue weighted by Gasteiger charge is 2.39. The van der Waals surface area contributed by atoms with Crippen LogP contribution in [0.15, 0.2) is 29.2 Å². The summed E-state index contributed by atoms with van der Waals surface area (Å²) < 4.78 is 38.5. The molecule has 1 aromatic rings. The molecule has 0 aromatic heterocycles. The predicted octanol–water partition coefficient (Wildman–Crippen LogP) is 1.74. The lowest BCUT2D eigenvalue weighted by Gasteiger charge is -2.48. The van der Waals surface area contributed by atoms with Crippen molar-refractivity contribution < 1.29 is 22.7 Å². The molecule has 0 spiro atoms. The molecule has 3 rings (SSSR count). The van der Waals surface area contributed by atoms with E-state index in [0.29, 0.717) is 25.4 Å². The lowest BCUT2D eigenvalue weighted by Crippen LogP contribution is -2.60. The highest BCUT2D eigenvalue weighted by molar-refractivity contribution is 7.99. The Morgan fingerprint density at radius 2 is 1.86 bits per heavy atom. The molecular weight excluding hydrogens is 402 g/mol. The van der Waals surface area contributed by atoms with Gasteiger partial charge in [0.05, 0.1) is 25.2 Å². The van der Waals surface area contributed by atoms with Gasteiger partial charge in [-0.2, -0.15) is 11.8 Å². The van der Waals surface area contributed by atoms with Crippen LogP contribution in [-0.4, -0.2) is 76.4 Å². The van der Waals surface area contributed by atoms with Gasteiger partial charge in [-0.3, -0.25) is 10.2 Å². The van der Waals surface area contributed by atoms with Crippen molar-refractivity contribution in [1.29, 1.82) is 0 Å². The largest absolute Gasteiger partial charge is 0.453 e. The van der Waals surface area contributed by atoms with Crippen molar-refractivity contribution in [2.45, 2.75) is 23.3 Å². The molecule has 28 heavy (non-hydrogen) atoms. The van der Waals surface area contributed by atoms with E-state index < -0.39 is 16.1 Å². The molecule has 0 radical (unpaired) electrons. The van der Waals surface area contributed by atoms with E-state index in [2.05, 4.69) is 19.7 Å². The molecule has 2 saturated heterocycles. The van der Waals surface area contributed by atoms with Gasteiger partial charge in [-0.25, -0.2) is 17.9 Å². The standard InChI is InChI=1S/C18H27N3O5S2/c1-25-17(22)20-15-2-4-16(5-3-15)28(23,24)19-14-18(6-12-27-13-7-18)21-8-10-26-11-9-21/h2-5,19H,6-14H2,1H3,(H,20,22). The van der Waals surface area contributed by atoms with E-state index >= 15 is 0 Å². The summed E-state index contributed by atoms with van der Waals surface area (Å²) in [6.07, 6.45) is 1.32. The number of rotatable bonds is 6. The fraction of sp³-hybridized carbons (Fsp3) is 0.611. The zero-order chi connectivity index (χ0) is 20.0. The van der Waals surface area contributed by atoms with Crippen LogP contribution in [0.4, 0.5) is 10.5 Å². The van der Waals surface area contributed by atoms with Gasteiger partial charge in [-0.15, -0.1) is 0 Å². The molecule has 0 saturated carbocycles. The number of nitrogens with zero attached hydrogens (tertiary/aromatic N) is 1. The van der Waals surface area contributed by atoms with E-state index in [-0.39, 0.29) is 10.4 Å². The second-order valence-electron chi connectivity index (χ2n) is 6.90. The maximum Gasteiger partial charge on any atom is 0.411 e. The van der Waals surface area contributed by atoms with Gasteiger partial charge in [0.1, 0.15) is 0 Å². The van der Waals surface area contributed by atoms with Crippen LogP contribution in [0.25, 0.3) is 0 Å². The summed E-state index contributed by atoms with van der Waals surface area (Å²) >= 11 is 1.92. The van der Waals surface area contributed by atoms with E-state index in [0.717, 1.165) is 37.4 Å². The Morgan fingerprint density at radius 3 is 2.46 bits per heavy atom. The Kier molecular flexibility index (Phi) is 7.21. The molecule has 2 fully saturated rings.